The molecule has 2 heterocycles. The van der Waals surface area contributed by atoms with Gasteiger partial charge in [-0.3, -0.25) is 4.79 Å². The first-order valence-corrected chi connectivity index (χ1v) is 8.38. The summed E-state index contributed by atoms with van der Waals surface area (Å²) in [6.45, 7) is 0.180. The number of rotatable bonds is 2. The third-order valence-corrected chi connectivity index (χ3v) is 4.45. The van der Waals surface area contributed by atoms with Crippen LogP contribution in [0.1, 0.15) is 0 Å². The fraction of sp³-hybridized carbons (Fsp3) is 0.0952. The number of benzene rings is 3. The van der Waals surface area contributed by atoms with Crippen LogP contribution in [0.5, 0.6) is 11.5 Å². The highest BCUT2D eigenvalue weighted by Gasteiger charge is 2.27. The summed E-state index contributed by atoms with van der Waals surface area (Å²) >= 11 is 0. The van der Waals surface area contributed by atoms with Crippen molar-refractivity contribution in [1.29, 1.82) is 0 Å². The van der Waals surface area contributed by atoms with Gasteiger partial charge in [0.25, 0.3) is 5.91 Å². The van der Waals surface area contributed by atoms with Gasteiger partial charge in [0.05, 0.1) is 0 Å². The van der Waals surface area contributed by atoms with E-state index in [1.54, 1.807) is 6.07 Å². The van der Waals surface area contributed by atoms with Crippen LogP contribution >= 0.6 is 0 Å². The third-order valence-electron chi connectivity index (χ3n) is 4.45. The van der Waals surface area contributed by atoms with Crippen LogP contribution in [-0.2, 0) is 4.79 Å². The number of hydrogen-bond donors (Lipinski definition) is 1. The summed E-state index contributed by atoms with van der Waals surface area (Å²) in [7, 11) is 0. The summed E-state index contributed by atoms with van der Waals surface area (Å²) < 4.78 is 17.2. The average Bonchev–Trinajstić information content (AvgIpc) is 3.05. The van der Waals surface area contributed by atoms with E-state index in [-0.39, 0.29) is 12.5 Å². The highest BCUT2D eigenvalue weighted by molar-refractivity contribution is 6.07. The van der Waals surface area contributed by atoms with Crippen LogP contribution in [0.3, 0.4) is 0 Å². The van der Waals surface area contributed by atoms with Gasteiger partial charge in [0.15, 0.2) is 11.5 Å². The highest BCUT2D eigenvalue weighted by Crippen LogP contribution is 2.32. The Bertz CT molecular complexity index is 1130. The molecule has 128 valence electrons. The average molecular weight is 345 g/mol. The Morgan fingerprint density at radius 1 is 0.885 bits per heavy atom. The van der Waals surface area contributed by atoms with Crippen molar-refractivity contribution in [2.45, 2.75) is 6.10 Å². The first kappa shape index (κ1) is 14.8. The Balaban J connectivity index is 1.41. The van der Waals surface area contributed by atoms with E-state index in [4.69, 9.17) is 13.9 Å². The molecule has 5 rings (SSSR count). The van der Waals surface area contributed by atoms with Crippen LogP contribution in [0.4, 0.5) is 5.69 Å². The van der Waals surface area contributed by atoms with Gasteiger partial charge >= 0.3 is 0 Å². The summed E-state index contributed by atoms with van der Waals surface area (Å²) in [5.41, 5.74) is 2.30. The van der Waals surface area contributed by atoms with Crippen molar-refractivity contribution in [2.75, 3.05) is 11.9 Å². The summed E-state index contributed by atoms with van der Waals surface area (Å²) in [6.07, 6.45) is -0.693. The molecule has 1 amide bonds. The third kappa shape index (κ3) is 2.45. The fourth-order valence-electron chi connectivity index (χ4n) is 3.18. The number of hydrogen-bond acceptors (Lipinski definition) is 4. The van der Waals surface area contributed by atoms with Gasteiger partial charge in [-0.15, -0.1) is 0 Å². The van der Waals surface area contributed by atoms with Crippen molar-refractivity contribution >= 4 is 33.5 Å². The number of amides is 1. The van der Waals surface area contributed by atoms with Gasteiger partial charge in [0, 0.05) is 16.5 Å². The molecule has 1 aromatic heterocycles. The van der Waals surface area contributed by atoms with Gasteiger partial charge in [0.2, 0.25) is 6.10 Å². The Morgan fingerprint density at radius 3 is 2.58 bits per heavy atom. The molecule has 1 aliphatic rings. The summed E-state index contributed by atoms with van der Waals surface area (Å²) in [5.74, 6) is 0.990. The lowest BCUT2D eigenvalue weighted by molar-refractivity contribution is -0.125. The van der Waals surface area contributed by atoms with Gasteiger partial charge in [0.1, 0.15) is 17.8 Å². The number of carbonyl (C=O) groups excluding carboxylic acids is 1. The Kier molecular flexibility index (Phi) is 3.31. The minimum absolute atomic E-state index is 0.180. The molecule has 0 aliphatic carbocycles. The maximum Gasteiger partial charge on any atom is 0.269 e. The van der Waals surface area contributed by atoms with E-state index in [1.807, 2.05) is 60.7 Å². The fourth-order valence-corrected chi connectivity index (χ4v) is 3.18. The standard InChI is InChI=1S/C21H15NO4/c23-21(20-12-24-18-7-3-4-8-19(18)26-20)22-13-9-10-17-15(11-13)14-5-1-2-6-16(14)25-17/h1-11,20H,12H2,(H,22,23). The molecular formula is C21H15NO4. The number of nitrogens with one attached hydrogen (secondary N) is 1. The van der Waals surface area contributed by atoms with Crippen LogP contribution in [0, 0.1) is 0 Å². The highest BCUT2D eigenvalue weighted by atomic mass is 16.6. The van der Waals surface area contributed by atoms with Crippen LogP contribution in [0.25, 0.3) is 21.9 Å². The molecular weight excluding hydrogens is 330 g/mol. The van der Waals surface area contributed by atoms with Crippen molar-refractivity contribution in [1.82, 2.24) is 0 Å². The molecule has 3 aromatic carbocycles. The SMILES string of the molecule is O=C(Nc1ccc2oc3ccccc3c2c1)C1COc2ccccc2O1. The topological polar surface area (TPSA) is 60.7 Å². The second-order valence-corrected chi connectivity index (χ2v) is 6.16. The molecule has 0 saturated heterocycles. The van der Waals surface area contributed by atoms with E-state index in [0.29, 0.717) is 17.2 Å². The lowest BCUT2D eigenvalue weighted by Crippen LogP contribution is -2.40. The minimum atomic E-state index is -0.693. The Morgan fingerprint density at radius 2 is 1.65 bits per heavy atom. The van der Waals surface area contributed by atoms with Gasteiger partial charge in [-0.2, -0.15) is 0 Å². The Labute approximate surface area is 149 Å². The molecule has 1 N–H and O–H groups in total. The Hall–Kier alpha value is -3.47. The predicted molar refractivity (Wildman–Crippen MR) is 98.7 cm³/mol. The monoisotopic (exact) mass is 345 g/mol. The maximum atomic E-state index is 12.6. The number of furan rings is 1. The molecule has 1 aliphatic heterocycles. The number of carbonyl (C=O) groups is 1. The first-order valence-electron chi connectivity index (χ1n) is 8.38. The van der Waals surface area contributed by atoms with Gasteiger partial charge in [-0.05, 0) is 36.4 Å². The van der Waals surface area contributed by atoms with E-state index in [1.165, 1.54) is 0 Å². The number of anilines is 1. The summed E-state index contributed by atoms with van der Waals surface area (Å²) in [6, 6.07) is 20.8. The van der Waals surface area contributed by atoms with Crippen molar-refractivity contribution in [2.24, 2.45) is 0 Å². The smallest absolute Gasteiger partial charge is 0.269 e. The molecule has 4 aromatic rings. The van der Waals surface area contributed by atoms with E-state index < -0.39 is 6.10 Å². The number of ether oxygens (including phenoxy) is 2. The van der Waals surface area contributed by atoms with Gasteiger partial charge in [-0.1, -0.05) is 30.3 Å². The maximum absolute atomic E-state index is 12.6. The molecule has 0 radical (unpaired) electrons. The molecule has 26 heavy (non-hydrogen) atoms. The van der Waals surface area contributed by atoms with Crippen molar-refractivity contribution in [3.8, 4) is 11.5 Å². The van der Waals surface area contributed by atoms with Crippen molar-refractivity contribution < 1.29 is 18.7 Å². The largest absolute Gasteiger partial charge is 0.485 e. The second kappa shape index (κ2) is 5.81. The zero-order chi connectivity index (χ0) is 17.5. The predicted octanol–water partition coefficient (Wildman–Crippen LogP) is 4.36. The van der Waals surface area contributed by atoms with Gasteiger partial charge < -0.3 is 19.2 Å². The van der Waals surface area contributed by atoms with Crippen LogP contribution in [0.15, 0.2) is 71.1 Å². The molecule has 0 saturated carbocycles. The van der Waals surface area contributed by atoms with E-state index in [9.17, 15) is 4.79 Å². The summed E-state index contributed by atoms with van der Waals surface area (Å²) in [5, 5.41) is 4.88. The molecule has 0 spiro atoms. The van der Waals surface area contributed by atoms with Crippen molar-refractivity contribution in [3.05, 3.63) is 66.7 Å². The van der Waals surface area contributed by atoms with Crippen molar-refractivity contribution in [3.63, 3.8) is 0 Å². The molecule has 1 atom stereocenters. The number of fused-ring (bicyclic) bond motifs is 4. The molecule has 5 nitrogen and oxygen atoms in total. The van der Waals surface area contributed by atoms with E-state index in [2.05, 4.69) is 5.32 Å². The molecule has 0 bridgehead atoms. The first-order chi connectivity index (χ1) is 12.8. The van der Waals surface area contributed by atoms with Crippen LogP contribution in [0.2, 0.25) is 0 Å². The molecule has 0 fully saturated rings. The zero-order valence-corrected chi connectivity index (χ0v) is 13.8. The van der Waals surface area contributed by atoms with Crippen LogP contribution in [-0.4, -0.2) is 18.6 Å². The quantitative estimate of drug-likeness (QED) is 0.586. The normalized spacial score (nSPS) is 15.9. The number of para-hydroxylation sites is 3. The lowest BCUT2D eigenvalue weighted by Gasteiger charge is -2.25. The summed E-state index contributed by atoms with van der Waals surface area (Å²) in [4.78, 5) is 12.6. The molecule has 5 heteroatoms. The van der Waals surface area contributed by atoms with Crippen LogP contribution < -0.4 is 14.8 Å². The lowest BCUT2D eigenvalue weighted by atomic mass is 10.1. The second-order valence-electron chi connectivity index (χ2n) is 6.16. The van der Waals surface area contributed by atoms with E-state index in [0.717, 1.165) is 21.9 Å². The zero-order valence-electron chi connectivity index (χ0n) is 13.8. The van der Waals surface area contributed by atoms with E-state index >= 15 is 0 Å². The molecule has 1 unspecified atom stereocenters. The van der Waals surface area contributed by atoms with Gasteiger partial charge in [-0.25, -0.2) is 0 Å². The minimum Gasteiger partial charge on any atom is -0.485 e.